The van der Waals surface area contributed by atoms with Crippen molar-refractivity contribution in [3.05, 3.63) is 34.0 Å². The maximum absolute atomic E-state index is 12.2. The van der Waals surface area contributed by atoms with E-state index < -0.39 is 0 Å². The molecule has 0 aliphatic heterocycles. The maximum Gasteiger partial charge on any atom is 0.178 e. The van der Waals surface area contributed by atoms with E-state index in [2.05, 4.69) is 0 Å². The van der Waals surface area contributed by atoms with Crippen LogP contribution in [0.1, 0.15) is 47.0 Å². The van der Waals surface area contributed by atoms with Crippen LogP contribution in [0.5, 0.6) is 0 Å². The normalized spacial score (nSPS) is 11.6. The van der Waals surface area contributed by atoms with E-state index in [4.69, 9.17) is 0 Å². The number of Topliss-reactive ketones (excluding diaryl/α,β-unsaturated/α-hetero) is 2. The van der Waals surface area contributed by atoms with Crippen LogP contribution in [0.2, 0.25) is 0 Å². The number of ketones is 2. The molecule has 0 atom stereocenters. The van der Waals surface area contributed by atoms with Gasteiger partial charge in [0.05, 0.1) is 9.75 Å². The van der Waals surface area contributed by atoms with Gasteiger partial charge in [-0.25, -0.2) is 0 Å². The standard InChI is InChI=1S/C15H16O2S2/c1-9(16)10-5-6-11(18-10)12-7-8-13(19-12)14(17)15(2,3)4/h5-8H,1-4H3. The van der Waals surface area contributed by atoms with Gasteiger partial charge in [-0.15, -0.1) is 22.7 Å². The van der Waals surface area contributed by atoms with Crippen LogP contribution in [0.25, 0.3) is 9.75 Å². The highest BCUT2D eigenvalue weighted by molar-refractivity contribution is 7.23. The minimum atomic E-state index is -0.359. The van der Waals surface area contributed by atoms with Crippen LogP contribution < -0.4 is 0 Å². The minimum Gasteiger partial charge on any atom is -0.294 e. The summed E-state index contributed by atoms with van der Waals surface area (Å²) in [7, 11) is 0. The van der Waals surface area contributed by atoms with Crippen LogP contribution in [-0.2, 0) is 0 Å². The van der Waals surface area contributed by atoms with Crippen molar-refractivity contribution in [1.29, 1.82) is 0 Å². The Kier molecular flexibility index (Phi) is 3.74. The quantitative estimate of drug-likeness (QED) is 0.753. The van der Waals surface area contributed by atoms with Gasteiger partial charge in [0.2, 0.25) is 0 Å². The molecule has 0 amide bonds. The Hall–Kier alpha value is -1.26. The largest absolute Gasteiger partial charge is 0.294 e. The SMILES string of the molecule is CC(=O)c1ccc(-c2ccc(C(=O)C(C)(C)C)s2)s1. The van der Waals surface area contributed by atoms with Crippen LogP contribution in [0.3, 0.4) is 0 Å². The average Bonchev–Trinajstić information content (AvgIpc) is 2.95. The first-order valence-electron chi connectivity index (χ1n) is 6.05. The van der Waals surface area contributed by atoms with Crippen LogP contribution in [0, 0.1) is 5.41 Å². The molecular formula is C15H16O2S2. The van der Waals surface area contributed by atoms with Crippen LogP contribution in [0.4, 0.5) is 0 Å². The van der Waals surface area contributed by atoms with Crippen molar-refractivity contribution in [3.63, 3.8) is 0 Å². The molecule has 4 heteroatoms. The molecule has 0 N–H and O–H groups in total. The summed E-state index contributed by atoms with van der Waals surface area (Å²) in [4.78, 5) is 27.1. The topological polar surface area (TPSA) is 34.1 Å². The lowest BCUT2D eigenvalue weighted by molar-refractivity contribution is 0.0862. The van der Waals surface area contributed by atoms with E-state index in [1.165, 1.54) is 22.7 Å². The fraction of sp³-hybridized carbons (Fsp3) is 0.333. The van der Waals surface area contributed by atoms with Crippen molar-refractivity contribution in [3.8, 4) is 9.75 Å². The Morgan fingerprint density at radius 1 is 0.895 bits per heavy atom. The van der Waals surface area contributed by atoms with Gasteiger partial charge < -0.3 is 0 Å². The predicted octanol–water partition coefficient (Wildman–Crippen LogP) is 4.91. The molecule has 0 saturated heterocycles. The average molecular weight is 292 g/mol. The Morgan fingerprint density at radius 2 is 1.37 bits per heavy atom. The fourth-order valence-corrected chi connectivity index (χ4v) is 3.77. The van der Waals surface area contributed by atoms with Gasteiger partial charge in [-0.1, -0.05) is 20.8 Å². The van der Waals surface area contributed by atoms with Crippen molar-refractivity contribution < 1.29 is 9.59 Å². The van der Waals surface area contributed by atoms with Crippen molar-refractivity contribution in [2.75, 3.05) is 0 Å². The molecule has 2 rings (SSSR count). The fourth-order valence-electron chi connectivity index (χ4n) is 1.62. The van der Waals surface area contributed by atoms with E-state index in [9.17, 15) is 9.59 Å². The Labute approximate surface area is 121 Å². The predicted molar refractivity (Wildman–Crippen MR) is 81.4 cm³/mol. The summed E-state index contributed by atoms with van der Waals surface area (Å²) in [6.07, 6.45) is 0. The molecule has 0 saturated carbocycles. The zero-order valence-corrected chi connectivity index (χ0v) is 13.1. The molecular weight excluding hydrogens is 276 g/mol. The van der Waals surface area contributed by atoms with Crippen molar-refractivity contribution in [2.24, 2.45) is 5.41 Å². The minimum absolute atomic E-state index is 0.0822. The van der Waals surface area contributed by atoms with Gasteiger partial charge in [0.15, 0.2) is 11.6 Å². The van der Waals surface area contributed by atoms with Gasteiger partial charge in [0.1, 0.15) is 0 Å². The third-order valence-electron chi connectivity index (χ3n) is 2.71. The molecule has 0 bridgehead atoms. The highest BCUT2D eigenvalue weighted by atomic mass is 32.1. The third kappa shape index (κ3) is 3.01. The van der Waals surface area contributed by atoms with Gasteiger partial charge in [0.25, 0.3) is 0 Å². The first-order chi connectivity index (χ1) is 8.79. The van der Waals surface area contributed by atoms with Crippen LogP contribution >= 0.6 is 22.7 Å². The molecule has 0 aliphatic carbocycles. The Morgan fingerprint density at radius 3 is 1.79 bits per heavy atom. The Bertz CT molecular complexity index is 627. The number of rotatable bonds is 3. The number of hydrogen-bond donors (Lipinski definition) is 0. The number of carbonyl (C=O) groups is 2. The number of carbonyl (C=O) groups excluding carboxylic acids is 2. The van der Waals surface area contributed by atoms with Crippen molar-refractivity contribution in [2.45, 2.75) is 27.7 Å². The smallest absolute Gasteiger partial charge is 0.178 e. The zero-order valence-electron chi connectivity index (χ0n) is 11.4. The molecule has 100 valence electrons. The number of thiophene rings is 2. The molecule has 2 aromatic heterocycles. The van der Waals surface area contributed by atoms with E-state index in [1.807, 2.05) is 45.0 Å². The monoisotopic (exact) mass is 292 g/mol. The lowest BCUT2D eigenvalue weighted by Gasteiger charge is -2.14. The van der Waals surface area contributed by atoms with Crippen molar-refractivity contribution in [1.82, 2.24) is 0 Å². The first-order valence-corrected chi connectivity index (χ1v) is 7.68. The van der Waals surface area contributed by atoms with E-state index in [0.717, 1.165) is 19.5 Å². The molecule has 0 spiro atoms. The molecule has 2 aromatic rings. The highest BCUT2D eigenvalue weighted by Gasteiger charge is 2.24. The number of hydrogen-bond acceptors (Lipinski definition) is 4. The lowest BCUT2D eigenvalue weighted by atomic mass is 9.90. The molecule has 19 heavy (non-hydrogen) atoms. The second-order valence-corrected chi connectivity index (χ2v) is 7.63. The molecule has 0 aromatic carbocycles. The van der Waals surface area contributed by atoms with Gasteiger partial charge in [0, 0.05) is 15.2 Å². The second-order valence-electron chi connectivity index (χ2n) is 5.46. The molecule has 2 nitrogen and oxygen atoms in total. The summed E-state index contributed by atoms with van der Waals surface area (Å²) < 4.78 is 0. The van der Waals surface area contributed by atoms with Crippen molar-refractivity contribution >= 4 is 34.2 Å². The molecule has 0 radical (unpaired) electrons. The summed E-state index contributed by atoms with van der Waals surface area (Å²) in [5.74, 6) is 0.242. The summed E-state index contributed by atoms with van der Waals surface area (Å²) in [5, 5.41) is 0. The molecule has 0 unspecified atom stereocenters. The summed E-state index contributed by atoms with van der Waals surface area (Å²) >= 11 is 2.97. The van der Waals surface area contributed by atoms with E-state index in [1.54, 1.807) is 6.92 Å². The summed E-state index contributed by atoms with van der Waals surface area (Å²) in [6, 6.07) is 7.62. The summed E-state index contributed by atoms with van der Waals surface area (Å²) in [5.41, 5.74) is -0.359. The van der Waals surface area contributed by atoms with E-state index in [-0.39, 0.29) is 17.0 Å². The second kappa shape index (κ2) is 5.02. The molecule has 2 heterocycles. The molecule has 0 aliphatic rings. The van der Waals surface area contributed by atoms with Gasteiger partial charge in [-0.3, -0.25) is 9.59 Å². The van der Waals surface area contributed by atoms with Crippen LogP contribution in [0.15, 0.2) is 24.3 Å². The lowest BCUT2D eigenvalue weighted by Crippen LogP contribution is -2.18. The zero-order chi connectivity index (χ0) is 14.2. The van der Waals surface area contributed by atoms with Gasteiger partial charge in [-0.05, 0) is 31.2 Å². The third-order valence-corrected chi connectivity index (χ3v) is 5.17. The highest BCUT2D eigenvalue weighted by Crippen LogP contribution is 2.35. The van der Waals surface area contributed by atoms with Gasteiger partial charge >= 0.3 is 0 Å². The first kappa shape index (κ1) is 14.2. The van der Waals surface area contributed by atoms with E-state index in [0.29, 0.717) is 0 Å². The summed E-state index contributed by atoms with van der Waals surface area (Å²) in [6.45, 7) is 7.34. The maximum atomic E-state index is 12.2. The van der Waals surface area contributed by atoms with E-state index >= 15 is 0 Å². The molecule has 0 fully saturated rings. The Balaban J connectivity index is 2.30. The van der Waals surface area contributed by atoms with Gasteiger partial charge in [-0.2, -0.15) is 0 Å². The van der Waals surface area contributed by atoms with Crippen LogP contribution in [-0.4, -0.2) is 11.6 Å².